The van der Waals surface area contributed by atoms with Gasteiger partial charge in [0.2, 0.25) is 5.43 Å². The van der Waals surface area contributed by atoms with E-state index in [4.69, 9.17) is 24.7 Å². The molecule has 1 heterocycles. The number of nitrogen functional groups attached to an aromatic ring is 1. The van der Waals surface area contributed by atoms with Gasteiger partial charge < -0.3 is 39.1 Å². The number of aryl methyl sites for hydroxylation is 1. The van der Waals surface area contributed by atoms with Crippen LogP contribution in [0.15, 0.2) is 53.2 Å². The van der Waals surface area contributed by atoms with Crippen LogP contribution in [0.5, 0.6) is 11.5 Å². The van der Waals surface area contributed by atoms with E-state index in [1.807, 2.05) is 32.0 Å². The largest absolute Gasteiger partial charge is 0.500 e. The average Bonchev–Trinajstić information content (AvgIpc) is 3.00. The van der Waals surface area contributed by atoms with Crippen molar-refractivity contribution in [1.29, 1.82) is 0 Å². The van der Waals surface area contributed by atoms with E-state index in [1.165, 1.54) is 6.20 Å². The van der Waals surface area contributed by atoms with E-state index in [9.17, 15) is 19.2 Å². The van der Waals surface area contributed by atoms with Crippen LogP contribution in [0, 0.1) is 13.8 Å². The lowest BCUT2D eigenvalue weighted by molar-refractivity contribution is -0.146. The van der Waals surface area contributed by atoms with Crippen LogP contribution in [0.25, 0.3) is 10.9 Å². The van der Waals surface area contributed by atoms with E-state index in [0.29, 0.717) is 23.3 Å². The Labute approximate surface area is 264 Å². The predicted octanol–water partition coefficient (Wildman–Crippen LogP) is 5.28. The third kappa shape index (κ3) is 11.5. The maximum absolute atomic E-state index is 12.2. The maximum Gasteiger partial charge on any atom is 0.348 e. The molecule has 3 rings (SSSR count). The molecule has 12 heteroatoms. The number of nitrogens with one attached hydrogen (secondary N) is 1. The third-order valence-electron chi connectivity index (χ3n) is 5.89. The van der Waals surface area contributed by atoms with Crippen molar-refractivity contribution in [3.8, 4) is 11.5 Å². The van der Waals surface area contributed by atoms with Crippen molar-refractivity contribution in [2.24, 2.45) is 0 Å². The minimum absolute atomic E-state index is 0. The zero-order chi connectivity index (χ0) is 33.2. The van der Waals surface area contributed by atoms with Gasteiger partial charge in [0.25, 0.3) is 0 Å². The second-order valence-corrected chi connectivity index (χ2v) is 8.67. The molecule has 0 saturated heterocycles. The van der Waals surface area contributed by atoms with Gasteiger partial charge in [-0.25, -0.2) is 14.4 Å². The molecule has 0 radical (unpaired) electrons. The molecule has 12 nitrogen and oxygen atoms in total. The number of hydrogen-bond donors (Lipinski definition) is 2. The van der Waals surface area contributed by atoms with Crippen LogP contribution < -0.4 is 20.6 Å². The maximum atomic E-state index is 12.2. The Balaban J connectivity index is 0.000000670. The summed E-state index contributed by atoms with van der Waals surface area (Å²) in [5, 5.41) is 0.448. The molecular weight excluding hydrogens is 584 g/mol. The number of H-pyrrole nitrogens is 1. The van der Waals surface area contributed by atoms with Crippen LogP contribution in [-0.2, 0) is 28.5 Å². The summed E-state index contributed by atoms with van der Waals surface area (Å²) in [6.45, 7) is 11.5. The van der Waals surface area contributed by atoms with Crippen LogP contribution >= 0.6 is 0 Å². The number of rotatable bonds is 10. The molecule has 0 unspecified atom stereocenters. The number of anilines is 1. The van der Waals surface area contributed by atoms with Crippen molar-refractivity contribution in [1.82, 2.24) is 4.98 Å². The molecule has 0 aliphatic rings. The van der Waals surface area contributed by atoms with E-state index in [-0.39, 0.29) is 43.8 Å². The summed E-state index contributed by atoms with van der Waals surface area (Å²) < 4.78 is 29.3. The first-order chi connectivity index (χ1) is 21.0. The molecular formula is C33H46N2O10. The minimum atomic E-state index is -0.732. The Kier molecular flexibility index (Phi) is 18.5. The number of ether oxygens (including phenoxy) is 6. The number of esters is 3. The van der Waals surface area contributed by atoms with E-state index in [0.717, 1.165) is 28.8 Å². The first kappa shape index (κ1) is 40.0. The number of fused-ring (bicyclic) bond motifs is 1. The van der Waals surface area contributed by atoms with Gasteiger partial charge in [-0.1, -0.05) is 13.5 Å². The summed E-state index contributed by atoms with van der Waals surface area (Å²) in [5.41, 5.74) is 8.34. The van der Waals surface area contributed by atoms with Gasteiger partial charge in [0, 0.05) is 28.4 Å². The van der Waals surface area contributed by atoms with Gasteiger partial charge in [-0.3, -0.25) is 4.79 Å². The number of carbonyl (C=O) groups is 3. The molecule has 0 aliphatic heterocycles. The van der Waals surface area contributed by atoms with Crippen LogP contribution in [-0.4, -0.2) is 63.5 Å². The number of pyridine rings is 1. The van der Waals surface area contributed by atoms with Crippen molar-refractivity contribution in [2.75, 3.05) is 46.4 Å². The fourth-order valence-electron chi connectivity index (χ4n) is 3.62. The SMILES string of the molecule is C.CCOC(=O)c1c[nH]c2c(C)c(OC)ccc2c1=O.CCOC=C(C(=O)OCC)C(=O)OCC.COc1cccc(N)c1C. The topological polar surface area (TPSA) is 165 Å². The Morgan fingerprint density at radius 3 is 1.84 bits per heavy atom. The summed E-state index contributed by atoms with van der Waals surface area (Å²) >= 11 is 0. The Hall–Kier alpha value is -5.00. The van der Waals surface area contributed by atoms with E-state index >= 15 is 0 Å². The van der Waals surface area contributed by atoms with Crippen LogP contribution in [0.2, 0.25) is 0 Å². The fourth-order valence-corrected chi connectivity index (χ4v) is 3.62. The highest BCUT2D eigenvalue weighted by molar-refractivity contribution is 6.13. The van der Waals surface area contributed by atoms with Gasteiger partial charge in [-0.05, 0) is 65.8 Å². The van der Waals surface area contributed by atoms with Gasteiger partial charge in [0.1, 0.15) is 23.3 Å². The monoisotopic (exact) mass is 630 g/mol. The summed E-state index contributed by atoms with van der Waals surface area (Å²) in [4.78, 5) is 49.4. The molecule has 3 N–H and O–H groups in total. The molecule has 0 spiro atoms. The van der Waals surface area contributed by atoms with Crippen molar-refractivity contribution >= 4 is 34.5 Å². The molecule has 248 valence electrons. The molecule has 3 aromatic rings. The Morgan fingerprint density at radius 1 is 0.800 bits per heavy atom. The third-order valence-corrected chi connectivity index (χ3v) is 5.89. The second-order valence-electron chi connectivity index (χ2n) is 8.67. The van der Waals surface area contributed by atoms with Gasteiger partial charge in [-0.2, -0.15) is 0 Å². The van der Waals surface area contributed by atoms with Crippen LogP contribution in [0.4, 0.5) is 5.69 Å². The number of aromatic nitrogens is 1. The summed E-state index contributed by atoms with van der Waals surface area (Å²) in [5.74, 6) is -0.542. The van der Waals surface area contributed by atoms with E-state index < -0.39 is 17.9 Å². The highest BCUT2D eigenvalue weighted by Crippen LogP contribution is 2.24. The molecule has 0 bridgehead atoms. The first-order valence-electron chi connectivity index (χ1n) is 13.9. The molecule has 0 aliphatic carbocycles. The summed E-state index contributed by atoms with van der Waals surface area (Å²) in [7, 11) is 3.21. The zero-order valence-corrected chi connectivity index (χ0v) is 26.5. The number of aromatic amines is 1. The van der Waals surface area contributed by atoms with Gasteiger partial charge in [0.15, 0.2) is 5.57 Å². The smallest absolute Gasteiger partial charge is 0.348 e. The first-order valence-corrected chi connectivity index (χ1v) is 13.9. The number of benzene rings is 2. The lowest BCUT2D eigenvalue weighted by Crippen LogP contribution is -2.18. The number of hydrogen-bond acceptors (Lipinski definition) is 11. The highest BCUT2D eigenvalue weighted by Gasteiger charge is 2.21. The fraction of sp³-hybridized carbons (Fsp3) is 0.394. The van der Waals surface area contributed by atoms with E-state index in [1.54, 1.807) is 54.0 Å². The molecule has 0 amide bonds. The molecule has 1 aromatic heterocycles. The number of methoxy groups -OCH3 is 2. The lowest BCUT2D eigenvalue weighted by atomic mass is 10.1. The standard InChI is InChI=1S/C14H15NO4.C10H16O5.C8H11NO.CH4/c1-4-19-14(17)10-7-15-12-8(2)11(18-3)6-5-9(12)13(10)16;1-4-13-7-8(9(11)14-5-2)10(12)15-6-3;1-6-7(9)4-3-5-8(6)10-2;/h5-7H,4H2,1-3H3,(H,15,16);7H,4-6H2,1-3H3;3-5H,9H2,1-2H3;1H4. The van der Waals surface area contributed by atoms with E-state index in [2.05, 4.69) is 14.5 Å². The lowest BCUT2D eigenvalue weighted by Gasteiger charge is -2.09. The van der Waals surface area contributed by atoms with Gasteiger partial charge >= 0.3 is 17.9 Å². The van der Waals surface area contributed by atoms with Crippen molar-refractivity contribution < 1.29 is 42.8 Å². The number of carbonyl (C=O) groups excluding carboxylic acids is 3. The predicted molar refractivity (Wildman–Crippen MR) is 174 cm³/mol. The van der Waals surface area contributed by atoms with Crippen LogP contribution in [0.3, 0.4) is 0 Å². The van der Waals surface area contributed by atoms with Gasteiger partial charge in [-0.15, -0.1) is 0 Å². The zero-order valence-electron chi connectivity index (χ0n) is 26.5. The van der Waals surface area contributed by atoms with Crippen LogP contribution in [0.1, 0.15) is 56.6 Å². The summed E-state index contributed by atoms with van der Waals surface area (Å²) in [6, 6.07) is 8.98. The molecule has 0 saturated carbocycles. The number of nitrogens with two attached hydrogens (primary N) is 1. The minimum Gasteiger partial charge on any atom is -0.500 e. The Morgan fingerprint density at radius 2 is 1.36 bits per heavy atom. The van der Waals surface area contributed by atoms with Crippen molar-refractivity contribution in [2.45, 2.75) is 49.0 Å². The molecule has 0 atom stereocenters. The molecule has 2 aromatic carbocycles. The highest BCUT2D eigenvalue weighted by atomic mass is 16.6. The average molecular weight is 631 g/mol. The molecule has 45 heavy (non-hydrogen) atoms. The van der Waals surface area contributed by atoms with Gasteiger partial charge in [0.05, 0.1) is 46.2 Å². The van der Waals surface area contributed by atoms with Crippen molar-refractivity contribution in [3.63, 3.8) is 0 Å². The normalized spacial score (nSPS) is 9.51. The summed E-state index contributed by atoms with van der Waals surface area (Å²) in [6.07, 6.45) is 2.45. The quantitative estimate of drug-likeness (QED) is 0.0569. The van der Waals surface area contributed by atoms with Crippen molar-refractivity contribution in [3.05, 3.63) is 75.3 Å². The Bertz CT molecular complexity index is 1470. The second kappa shape index (κ2) is 20.8. The molecule has 0 fully saturated rings.